The van der Waals surface area contributed by atoms with Crippen LogP contribution in [0, 0.1) is 0 Å². The van der Waals surface area contributed by atoms with E-state index >= 15 is 0 Å². The van der Waals surface area contributed by atoms with Gasteiger partial charge in [0.15, 0.2) is 0 Å². The van der Waals surface area contributed by atoms with E-state index in [4.69, 9.17) is 14.6 Å². The van der Waals surface area contributed by atoms with Gasteiger partial charge in [0, 0.05) is 33.7 Å². The van der Waals surface area contributed by atoms with Crippen LogP contribution in [-0.4, -0.2) is 71.8 Å². The quantitative estimate of drug-likeness (QED) is 0.811. The van der Waals surface area contributed by atoms with Crippen molar-refractivity contribution in [3.63, 3.8) is 0 Å². The zero-order valence-electron chi connectivity index (χ0n) is 15.9. The van der Waals surface area contributed by atoms with Gasteiger partial charge in [-0.05, 0) is 48.1 Å². The maximum absolute atomic E-state index is 12.0. The number of carbonyl (C=O) groups is 2. The summed E-state index contributed by atoms with van der Waals surface area (Å²) in [6.07, 6.45) is -1.29. The second-order valence-electron chi connectivity index (χ2n) is 7.27. The number of rotatable bonds is 3. The molecule has 2 aliphatic rings. The van der Waals surface area contributed by atoms with Gasteiger partial charge in [0.25, 0.3) is 5.91 Å². The third-order valence-corrected chi connectivity index (χ3v) is 5.70. The Morgan fingerprint density at radius 3 is 2.39 bits per heavy atom. The molecule has 6 nitrogen and oxygen atoms in total. The zero-order chi connectivity index (χ0) is 20.9. The molecule has 0 aliphatic carbocycles. The van der Waals surface area contributed by atoms with Crippen LogP contribution in [0.2, 0.25) is 0 Å². The molecule has 0 radical (unpaired) electrons. The Bertz CT molecular complexity index is 656. The summed E-state index contributed by atoms with van der Waals surface area (Å²) in [5.41, 5.74) is 1.37. The number of aliphatic carboxylic acids is 1. The Morgan fingerprint density at radius 1 is 1.32 bits per heavy atom. The number of likely N-dealkylation sites (N-methyl/N-ethyl adjacent to an activating group) is 1. The van der Waals surface area contributed by atoms with Crippen LogP contribution in [-0.2, 0) is 20.9 Å². The average Bonchev–Trinajstić information content (AvgIpc) is 3.26. The van der Waals surface area contributed by atoms with E-state index in [-0.39, 0.29) is 17.6 Å². The minimum Gasteiger partial charge on any atom is -0.475 e. The largest absolute Gasteiger partial charge is 0.490 e. The van der Waals surface area contributed by atoms with Gasteiger partial charge >= 0.3 is 12.1 Å². The third kappa shape index (κ3) is 6.18. The summed E-state index contributed by atoms with van der Waals surface area (Å²) < 4.78 is 37.9. The standard InChI is InChI=1S/C16H24N2O2S.C2HF3O2/c1-17(2)15(19)14-3-5-16(20-14)6-8-18(9-7-16)11-13-4-10-21-12-13;3-2(4,5)1(6)7/h4,10,12,14H,3,5-9,11H2,1-2H3;(H,6,7). The molecule has 1 atom stereocenters. The number of alkyl halides is 3. The number of carbonyl (C=O) groups excluding carboxylic acids is 1. The molecule has 28 heavy (non-hydrogen) atoms. The molecule has 158 valence electrons. The molecule has 1 spiro atoms. The summed E-state index contributed by atoms with van der Waals surface area (Å²) >= 11 is 1.76. The first-order chi connectivity index (χ1) is 13.0. The number of likely N-dealkylation sites (tertiary alicyclic amines) is 1. The number of halogens is 3. The third-order valence-electron chi connectivity index (χ3n) is 4.97. The van der Waals surface area contributed by atoms with Crippen LogP contribution < -0.4 is 0 Å². The highest BCUT2D eigenvalue weighted by molar-refractivity contribution is 7.07. The fourth-order valence-electron chi connectivity index (χ4n) is 3.40. The van der Waals surface area contributed by atoms with Gasteiger partial charge in [0.2, 0.25) is 0 Å². The maximum Gasteiger partial charge on any atom is 0.490 e. The molecule has 10 heteroatoms. The first-order valence-corrected chi connectivity index (χ1v) is 9.89. The Hall–Kier alpha value is -1.65. The predicted molar refractivity (Wildman–Crippen MR) is 98.1 cm³/mol. The number of amides is 1. The number of hydrogen-bond donors (Lipinski definition) is 1. The highest BCUT2D eigenvalue weighted by Gasteiger charge is 2.45. The lowest BCUT2D eigenvalue weighted by Gasteiger charge is -2.39. The number of ether oxygens (including phenoxy) is 1. The van der Waals surface area contributed by atoms with Gasteiger partial charge in [0.05, 0.1) is 5.60 Å². The predicted octanol–water partition coefficient (Wildman–Crippen LogP) is 2.98. The van der Waals surface area contributed by atoms with Crippen LogP contribution in [0.25, 0.3) is 0 Å². The lowest BCUT2D eigenvalue weighted by molar-refractivity contribution is -0.192. The second kappa shape index (κ2) is 9.23. The van der Waals surface area contributed by atoms with Gasteiger partial charge in [-0.15, -0.1) is 0 Å². The molecule has 2 aliphatic heterocycles. The number of hydrogen-bond acceptors (Lipinski definition) is 5. The van der Waals surface area contributed by atoms with Gasteiger partial charge in [-0.1, -0.05) is 0 Å². The first kappa shape index (κ1) is 22.6. The molecule has 3 rings (SSSR count). The summed E-state index contributed by atoms with van der Waals surface area (Å²) in [6, 6.07) is 2.20. The van der Waals surface area contributed by atoms with E-state index in [0.29, 0.717) is 0 Å². The zero-order valence-corrected chi connectivity index (χ0v) is 16.7. The number of nitrogens with zero attached hydrogens (tertiary/aromatic N) is 2. The van der Waals surface area contributed by atoms with Crippen molar-refractivity contribution in [2.45, 2.75) is 50.1 Å². The molecule has 1 amide bonds. The van der Waals surface area contributed by atoms with Gasteiger partial charge in [0.1, 0.15) is 6.10 Å². The molecule has 3 heterocycles. The Balaban J connectivity index is 0.000000345. The summed E-state index contributed by atoms with van der Waals surface area (Å²) in [4.78, 5) is 25.1. The highest BCUT2D eigenvalue weighted by Crippen LogP contribution is 2.39. The molecule has 2 saturated heterocycles. The summed E-state index contributed by atoms with van der Waals surface area (Å²) in [5, 5.41) is 11.5. The van der Waals surface area contributed by atoms with Crippen molar-refractivity contribution in [3.05, 3.63) is 22.4 Å². The smallest absolute Gasteiger partial charge is 0.475 e. The van der Waals surface area contributed by atoms with Crippen LogP contribution >= 0.6 is 11.3 Å². The van der Waals surface area contributed by atoms with E-state index in [1.807, 2.05) is 0 Å². The Kier molecular flexibility index (Phi) is 7.46. The van der Waals surface area contributed by atoms with Gasteiger partial charge in [-0.3, -0.25) is 9.69 Å². The molecule has 1 unspecified atom stereocenters. The van der Waals surface area contributed by atoms with Crippen molar-refractivity contribution < 1.29 is 32.6 Å². The molecule has 0 saturated carbocycles. The van der Waals surface area contributed by atoms with E-state index in [1.165, 1.54) is 5.56 Å². The molecule has 2 fully saturated rings. The fraction of sp³-hybridized carbons (Fsp3) is 0.667. The van der Waals surface area contributed by atoms with E-state index in [0.717, 1.165) is 45.3 Å². The summed E-state index contributed by atoms with van der Waals surface area (Å²) in [7, 11) is 3.61. The van der Waals surface area contributed by atoms with Crippen LogP contribution in [0.5, 0.6) is 0 Å². The molecule has 0 aromatic carbocycles. The minimum absolute atomic E-state index is 0.0402. The topological polar surface area (TPSA) is 70.1 Å². The van der Waals surface area contributed by atoms with Crippen molar-refractivity contribution in [1.82, 2.24) is 9.80 Å². The van der Waals surface area contributed by atoms with Crippen molar-refractivity contribution in [2.24, 2.45) is 0 Å². The van der Waals surface area contributed by atoms with Crippen LogP contribution in [0.4, 0.5) is 13.2 Å². The molecule has 1 aromatic heterocycles. The summed E-state index contributed by atoms with van der Waals surface area (Å²) in [6.45, 7) is 3.18. The van der Waals surface area contributed by atoms with Crippen molar-refractivity contribution >= 4 is 23.2 Å². The monoisotopic (exact) mass is 422 g/mol. The fourth-order valence-corrected chi connectivity index (χ4v) is 4.06. The normalized spacial score (nSPS) is 21.8. The van der Waals surface area contributed by atoms with Crippen molar-refractivity contribution in [2.75, 3.05) is 27.2 Å². The number of carboxylic acids is 1. The molecular weight excluding hydrogens is 397 g/mol. The van der Waals surface area contributed by atoms with E-state index < -0.39 is 12.1 Å². The van der Waals surface area contributed by atoms with E-state index in [2.05, 4.69) is 21.7 Å². The van der Waals surface area contributed by atoms with Crippen molar-refractivity contribution in [1.29, 1.82) is 0 Å². The lowest BCUT2D eigenvalue weighted by atomic mass is 9.88. The van der Waals surface area contributed by atoms with Gasteiger partial charge in [-0.25, -0.2) is 4.79 Å². The van der Waals surface area contributed by atoms with Crippen LogP contribution in [0.3, 0.4) is 0 Å². The van der Waals surface area contributed by atoms with Gasteiger partial charge in [-0.2, -0.15) is 24.5 Å². The molecule has 1 N–H and O–H groups in total. The van der Waals surface area contributed by atoms with E-state index in [9.17, 15) is 18.0 Å². The first-order valence-electron chi connectivity index (χ1n) is 8.95. The van der Waals surface area contributed by atoms with E-state index in [1.54, 1.807) is 30.3 Å². The lowest BCUT2D eigenvalue weighted by Crippen LogP contribution is -2.45. The number of thiophene rings is 1. The second-order valence-corrected chi connectivity index (χ2v) is 8.05. The molecular formula is C18H25F3N2O4S. The molecule has 1 aromatic rings. The number of piperidine rings is 1. The Morgan fingerprint density at radius 2 is 1.93 bits per heavy atom. The van der Waals surface area contributed by atoms with Crippen molar-refractivity contribution in [3.8, 4) is 0 Å². The van der Waals surface area contributed by atoms with Crippen LogP contribution in [0.15, 0.2) is 16.8 Å². The van der Waals surface area contributed by atoms with Gasteiger partial charge < -0.3 is 14.7 Å². The average molecular weight is 422 g/mol. The maximum atomic E-state index is 12.0. The highest BCUT2D eigenvalue weighted by atomic mass is 32.1. The summed E-state index contributed by atoms with van der Waals surface area (Å²) in [5.74, 6) is -2.64. The number of carboxylic acid groups (broad SMARTS) is 1. The Labute approximate surface area is 165 Å². The SMILES string of the molecule is CN(C)C(=O)C1CCC2(CCN(Cc3ccsc3)CC2)O1.O=C(O)C(F)(F)F. The molecule has 0 bridgehead atoms. The van der Waals surface area contributed by atoms with Crippen LogP contribution in [0.1, 0.15) is 31.2 Å². The minimum atomic E-state index is -5.08.